The molecule has 0 aliphatic rings. The minimum absolute atomic E-state index is 0.0218. The summed E-state index contributed by atoms with van der Waals surface area (Å²) in [5.41, 5.74) is 4.67. The number of aliphatic hydroxyl groups excluding tert-OH is 1. The van der Waals surface area contributed by atoms with Crippen molar-refractivity contribution in [2.45, 2.75) is 33.6 Å². The third-order valence-corrected chi connectivity index (χ3v) is 2.83. The predicted octanol–water partition coefficient (Wildman–Crippen LogP) is 1.65. The van der Waals surface area contributed by atoms with Gasteiger partial charge in [0.05, 0.1) is 6.42 Å². The molecule has 0 bridgehead atoms. The van der Waals surface area contributed by atoms with Crippen molar-refractivity contribution in [3.05, 3.63) is 34.4 Å². The van der Waals surface area contributed by atoms with Crippen LogP contribution < -0.4 is 5.32 Å². The van der Waals surface area contributed by atoms with Crippen molar-refractivity contribution in [2.24, 2.45) is 0 Å². The Bertz CT molecular complexity index is 376. The van der Waals surface area contributed by atoms with Gasteiger partial charge in [-0.05, 0) is 43.9 Å². The molecule has 1 amide bonds. The molecule has 0 unspecified atom stereocenters. The fraction of sp³-hybridized carbons (Fsp3) is 0.500. The maximum Gasteiger partial charge on any atom is 0.224 e. The Hall–Kier alpha value is -1.35. The van der Waals surface area contributed by atoms with Gasteiger partial charge in [-0.25, -0.2) is 0 Å². The molecule has 0 saturated heterocycles. The predicted molar refractivity (Wildman–Crippen MR) is 69.1 cm³/mol. The molecule has 0 heterocycles. The van der Waals surface area contributed by atoms with Gasteiger partial charge in [0, 0.05) is 13.2 Å². The number of carbonyl (C=O) groups is 1. The number of hydrogen-bond donors (Lipinski definition) is 2. The number of benzene rings is 1. The van der Waals surface area contributed by atoms with Gasteiger partial charge in [0.1, 0.15) is 0 Å². The average Bonchev–Trinajstić information content (AvgIpc) is 2.24. The summed E-state index contributed by atoms with van der Waals surface area (Å²) in [6.45, 7) is 6.79. The lowest BCUT2D eigenvalue weighted by Gasteiger charge is -2.11. The molecule has 0 aliphatic heterocycles. The van der Waals surface area contributed by atoms with E-state index < -0.39 is 0 Å². The van der Waals surface area contributed by atoms with Crippen molar-refractivity contribution in [1.82, 2.24) is 5.32 Å². The van der Waals surface area contributed by atoms with Crippen molar-refractivity contribution in [3.8, 4) is 0 Å². The molecule has 0 aromatic heterocycles. The summed E-state index contributed by atoms with van der Waals surface area (Å²) in [4.78, 5) is 11.7. The van der Waals surface area contributed by atoms with Gasteiger partial charge in [-0.3, -0.25) is 4.79 Å². The average molecular weight is 235 g/mol. The zero-order valence-corrected chi connectivity index (χ0v) is 10.8. The fourth-order valence-corrected chi connectivity index (χ4v) is 2.02. The van der Waals surface area contributed by atoms with Crippen LogP contribution in [0.3, 0.4) is 0 Å². The van der Waals surface area contributed by atoms with Crippen LogP contribution in [0, 0.1) is 20.8 Å². The van der Waals surface area contributed by atoms with Gasteiger partial charge >= 0.3 is 0 Å². The summed E-state index contributed by atoms with van der Waals surface area (Å²) in [6.07, 6.45) is 1.03. The number of amides is 1. The first-order chi connectivity index (χ1) is 8.04. The summed E-state index contributed by atoms with van der Waals surface area (Å²) in [6, 6.07) is 4.20. The quantitative estimate of drug-likeness (QED) is 0.762. The third-order valence-electron chi connectivity index (χ3n) is 2.83. The number of rotatable bonds is 5. The highest BCUT2D eigenvalue weighted by Gasteiger charge is 2.08. The minimum atomic E-state index is 0.0218. The minimum Gasteiger partial charge on any atom is -0.396 e. The second-order valence-corrected chi connectivity index (χ2v) is 4.48. The Balaban J connectivity index is 2.65. The lowest BCUT2D eigenvalue weighted by Crippen LogP contribution is -2.27. The summed E-state index contributed by atoms with van der Waals surface area (Å²) in [5, 5.41) is 11.4. The molecule has 1 rings (SSSR count). The SMILES string of the molecule is Cc1cc(C)c(CC(=O)NCCCO)c(C)c1. The van der Waals surface area contributed by atoms with E-state index in [1.54, 1.807) is 0 Å². The highest BCUT2D eigenvalue weighted by Crippen LogP contribution is 2.16. The van der Waals surface area contributed by atoms with Crippen LogP contribution in [0.1, 0.15) is 28.7 Å². The van der Waals surface area contributed by atoms with Crippen LogP contribution in [0.15, 0.2) is 12.1 Å². The van der Waals surface area contributed by atoms with Crippen molar-refractivity contribution in [3.63, 3.8) is 0 Å². The molecular weight excluding hydrogens is 214 g/mol. The molecule has 3 nitrogen and oxygen atoms in total. The van der Waals surface area contributed by atoms with Crippen LogP contribution in [-0.4, -0.2) is 24.2 Å². The molecule has 0 fully saturated rings. The topological polar surface area (TPSA) is 49.3 Å². The van der Waals surface area contributed by atoms with Crippen LogP contribution in [0.2, 0.25) is 0 Å². The number of aryl methyl sites for hydroxylation is 3. The Morgan fingerprint density at radius 3 is 2.35 bits per heavy atom. The van der Waals surface area contributed by atoms with E-state index in [2.05, 4.69) is 24.4 Å². The van der Waals surface area contributed by atoms with Gasteiger partial charge in [0.15, 0.2) is 0 Å². The Labute approximate surface area is 103 Å². The Kier molecular flexibility index (Phi) is 5.16. The molecule has 0 spiro atoms. The van der Waals surface area contributed by atoms with Gasteiger partial charge in [0.2, 0.25) is 5.91 Å². The highest BCUT2D eigenvalue weighted by atomic mass is 16.3. The molecule has 0 saturated carbocycles. The van der Waals surface area contributed by atoms with Crippen LogP contribution >= 0.6 is 0 Å². The van der Waals surface area contributed by atoms with E-state index in [-0.39, 0.29) is 12.5 Å². The van der Waals surface area contributed by atoms with E-state index in [0.717, 1.165) is 5.56 Å². The maximum absolute atomic E-state index is 11.7. The van der Waals surface area contributed by atoms with Crippen molar-refractivity contribution in [1.29, 1.82) is 0 Å². The van der Waals surface area contributed by atoms with Crippen LogP contribution in [-0.2, 0) is 11.2 Å². The molecule has 17 heavy (non-hydrogen) atoms. The maximum atomic E-state index is 11.7. The van der Waals surface area contributed by atoms with Crippen LogP contribution in [0.5, 0.6) is 0 Å². The van der Waals surface area contributed by atoms with Crippen molar-refractivity contribution >= 4 is 5.91 Å². The summed E-state index contributed by atoms with van der Waals surface area (Å²) >= 11 is 0. The van der Waals surface area contributed by atoms with E-state index in [0.29, 0.717) is 19.4 Å². The number of aliphatic hydroxyl groups is 1. The molecule has 0 radical (unpaired) electrons. The summed E-state index contributed by atoms with van der Waals surface area (Å²) in [7, 11) is 0. The second kappa shape index (κ2) is 6.40. The summed E-state index contributed by atoms with van der Waals surface area (Å²) in [5.74, 6) is 0.0218. The molecule has 1 aromatic carbocycles. The van der Waals surface area contributed by atoms with E-state index in [4.69, 9.17) is 5.11 Å². The highest BCUT2D eigenvalue weighted by molar-refractivity contribution is 5.79. The van der Waals surface area contributed by atoms with Gasteiger partial charge in [0.25, 0.3) is 0 Å². The first kappa shape index (κ1) is 13.7. The zero-order chi connectivity index (χ0) is 12.8. The first-order valence-electron chi connectivity index (χ1n) is 5.99. The fourth-order valence-electron chi connectivity index (χ4n) is 2.02. The van der Waals surface area contributed by atoms with Crippen LogP contribution in [0.4, 0.5) is 0 Å². The molecule has 0 aliphatic carbocycles. The van der Waals surface area contributed by atoms with Crippen molar-refractivity contribution in [2.75, 3.05) is 13.2 Å². The lowest BCUT2D eigenvalue weighted by molar-refractivity contribution is -0.120. The normalized spacial score (nSPS) is 10.4. The van der Waals surface area contributed by atoms with E-state index in [1.165, 1.54) is 16.7 Å². The molecule has 1 aromatic rings. The molecular formula is C14H21NO2. The van der Waals surface area contributed by atoms with Gasteiger partial charge < -0.3 is 10.4 Å². The third kappa shape index (κ3) is 4.19. The zero-order valence-electron chi connectivity index (χ0n) is 10.8. The van der Waals surface area contributed by atoms with E-state index >= 15 is 0 Å². The van der Waals surface area contributed by atoms with Crippen LogP contribution in [0.25, 0.3) is 0 Å². The van der Waals surface area contributed by atoms with Gasteiger partial charge in [-0.2, -0.15) is 0 Å². The van der Waals surface area contributed by atoms with E-state index in [9.17, 15) is 4.79 Å². The molecule has 3 heteroatoms. The molecule has 94 valence electrons. The van der Waals surface area contributed by atoms with Crippen molar-refractivity contribution < 1.29 is 9.90 Å². The number of nitrogens with one attached hydrogen (secondary N) is 1. The number of carbonyl (C=O) groups excluding carboxylic acids is 1. The molecule has 0 atom stereocenters. The first-order valence-corrected chi connectivity index (χ1v) is 5.99. The lowest BCUT2D eigenvalue weighted by atomic mass is 9.97. The Morgan fingerprint density at radius 2 is 1.82 bits per heavy atom. The summed E-state index contributed by atoms with van der Waals surface area (Å²) < 4.78 is 0. The standard InChI is InChI=1S/C14H21NO2/c1-10-7-11(2)13(12(3)8-10)9-14(17)15-5-4-6-16/h7-8,16H,4-6,9H2,1-3H3,(H,15,17). The second-order valence-electron chi connectivity index (χ2n) is 4.48. The monoisotopic (exact) mass is 235 g/mol. The Morgan fingerprint density at radius 1 is 1.24 bits per heavy atom. The van der Waals surface area contributed by atoms with E-state index in [1.807, 2.05) is 13.8 Å². The molecule has 2 N–H and O–H groups in total. The van der Waals surface area contributed by atoms with Gasteiger partial charge in [-0.1, -0.05) is 17.7 Å². The number of hydrogen-bond acceptors (Lipinski definition) is 2. The van der Waals surface area contributed by atoms with Gasteiger partial charge in [-0.15, -0.1) is 0 Å². The largest absolute Gasteiger partial charge is 0.396 e. The smallest absolute Gasteiger partial charge is 0.224 e.